The first-order valence-electron chi connectivity index (χ1n) is 7.40. The Bertz CT molecular complexity index is 388. The van der Waals surface area contributed by atoms with E-state index in [9.17, 15) is 0 Å². The van der Waals surface area contributed by atoms with Crippen LogP contribution in [0.2, 0.25) is 0 Å². The molecule has 0 amide bonds. The third-order valence-electron chi connectivity index (χ3n) is 4.52. The van der Waals surface area contributed by atoms with E-state index in [1.165, 1.54) is 12.0 Å². The number of hydrogen-bond donors (Lipinski definition) is 1. The van der Waals surface area contributed by atoms with E-state index in [4.69, 9.17) is 0 Å². The number of nitrogens with zero attached hydrogens (tertiary/aromatic N) is 2. The van der Waals surface area contributed by atoms with Gasteiger partial charge in [-0.2, -0.15) is 0 Å². The molecule has 1 aromatic heterocycles. The minimum atomic E-state index is 0.216. The number of piperazine rings is 1. The summed E-state index contributed by atoms with van der Waals surface area (Å²) in [6.07, 6.45) is 5.01. The standard InChI is InChI=1S/C16H27N3/c1-5-13(2)15-11-19(16(3,4)12-18-15)10-14-6-8-17-9-7-14/h6-9,13,15,18H,5,10-12H2,1-4H3. The van der Waals surface area contributed by atoms with E-state index in [-0.39, 0.29) is 5.54 Å². The fourth-order valence-corrected chi connectivity index (χ4v) is 2.69. The molecule has 0 radical (unpaired) electrons. The highest BCUT2D eigenvalue weighted by Crippen LogP contribution is 2.24. The van der Waals surface area contributed by atoms with Crippen LogP contribution in [0.4, 0.5) is 0 Å². The second-order valence-electron chi connectivity index (χ2n) is 6.42. The SMILES string of the molecule is CCC(C)C1CN(Cc2ccncc2)C(C)(C)CN1. The van der Waals surface area contributed by atoms with Crippen LogP contribution in [0.1, 0.15) is 39.7 Å². The van der Waals surface area contributed by atoms with E-state index >= 15 is 0 Å². The third kappa shape index (κ3) is 3.54. The molecule has 1 fully saturated rings. The van der Waals surface area contributed by atoms with Crippen molar-refractivity contribution in [2.45, 2.75) is 52.2 Å². The molecule has 3 nitrogen and oxygen atoms in total. The lowest BCUT2D eigenvalue weighted by Crippen LogP contribution is -2.62. The highest BCUT2D eigenvalue weighted by atomic mass is 15.3. The van der Waals surface area contributed by atoms with Gasteiger partial charge in [-0.25, -0.2) is 0 Å². The van der Waals surface area contributed by atoms with Crippen molar-refractivity contribution in [2.75, 3.05) is 13.1 Å². The zero-order chi connectivity index (χ0) is 13.9. The van der Waals surface area contributed by atoms with Crippen molar-refractivity contribution in [3.63, 3.8) is 0 Å². The smallest absolute Gasteiger partial charge is 0.0281 e. The molecule has 106 valence electrons. The van der Waals surface area contributed by atoms with Crippen molar-refractivity contribution in [3.05, 3.63) is 30.1 Å². The summed E-state index contributed by atoms with van der Waals surface area (Å²) in [4.78, 5) is 6.71. The maximum Gasteiger partial charge on any atom is 0.0281 e. The summed E-state index contributed by atoms with van der Waals surface area (Å²) in [5.41, 5.74) is 1.57. The molecular formula is C16H27N3. The van der Waals surface area contributed by atoms with Gasteiger partial charge in [-0.05, 0) is 37.5 Å². The van der Waals surface area contributed by atoms with Gasteiger partial charge in [0.1, 0.15) is 0 Å². The molecule has 0 saturated carbocycles. The molecular weight excluding hydrogens is 234 g/mol. The van der Waals surface area contributed by atoms with Crippen LogP contribution >= 0.6 is 0 Å². The molecule has 1 aromatic rings. The Labute approximate surface area is 117 Å². The van der Waals surface area contributed by atoms with Gasteiger partial charge >= 0.3 is 0 Å². The van der Waals surface area contributed by atoms with Gasteiger partial charge in [-0.3, -0.25) is 9.88 Å². The van der Waals surface area contributed by atoms with Gasteiger partial charge in [0.25, 0.3) is 0 Å². The predicted molar refractivity (Wildman–Crippen MR) is 80.0 cm³/mol. The number of hydrogen-bond acceptors (Lipinski definition) is 3. The van der Waals surface area contributed by atoms with E-state index < -0.39 is 0 Å². The van der Waals surface area contributed by atoms with Crippen LogP contribution in [0.25, 0.3) is 0 Å². The normalized spacial score (nSPS) is 25.2. The largest absolute Gasteiger partial charge is 0.311 e. The molecule has 2 rings (SSSR count). The monoisotopic (exact) mass is 261 g/mol. The fourth-order valence-electron chi connectivity index (χ4n) is 2.69. The third-order valence-corrected chi connectivity index (χ3v) is 4.52. The summed E-state index contributed by atoms with van der Waals surface area (Å²) in [5.74, 6) is 0.732. The van der Waals surface area contributed by atoms with Crippen molar-refractivity contribution in [3.8, 4) is 0 Å². The molecule has 1 aliphatic rings. The second kappa shape index (κ2) is 6.02. The van der Waals surface area contributed by atoms with Crippen LogP contribution in [0.5, 0.6) is 0 Å². The lowest BCUT2D eigenvalue weighted by atomic mass is 9.90. The van der Waals surface area contributed by atoms with Crippen LogP contribution in [0, 0.1) is 5.92 Å². The molecule has 3 heteroatoms. The van der Waals surface area contributed by atoms with E-state index in [1.54, 1.807) is 0 Å². The Morgan fingerprint density at radius 3 is 2.74 bits per heavy atom. The Morgan fingerprint density at radius 2 is 2.11 bits per heavy atom. The minimum Gasteiger partial charge on any atom is -0.311 e. The Kier molecular flexibility index (Phi) is 4.58. The van der Waals surface area contributed by atoms with Gasteiger partial charge in [0.05, 0.1) is 0 Å². The zero-order valence-corrected chi connectivity index (χ0v) is 12.7. The van der Waals surface area contributed by atoms with E-state index in [0.29, 0.717) is 6.04 Å². The first-order chi connectivity index (χ1) is 9.03. The Balaban J connectivity index is 2.06. The number of aromatic nitrogens is 1. The van der Waals surface area contributed by atoms with Crippen molar-refractivity contribution >= 4 is 0 Å². The van der Waals surface area contributed by atoms with Crippen LogP contribution in [-0.2, 0) is 6.54 Å². The summed E-state index contributed by atoms with van der Waals surface area (Å²) in [7, 11) is 0. The fraction of sp³-hybridized carbons (Fsp3) is 0.688. The summed E-state index contributed by atoms with van der Waals surface area (Å²) >= 11 is 0. The summed E-state index contributed by atoms with van der Waals surface area (Å²) in [6, 6.07) is 4.85. The Morgan fingerprint density at radius 1 is 1.42 bits per heavy atom. The molecule has 0 aromatic carbocycles. The quantitative estimate of drug-likeness (QED) is 0.903. The topological polar surface area (TPSA) is 28.2 Å². The van der Waals surface area contributed by atoms with Gasteiger partial charge in [-0.1, -0.05) is 20.3 Å². The predicted octanol–water partition coefficient (Wildman–Crippen LogP) is 2.68. The first-order valence-corrected chi connectivity index (χ1v) is 7.40. The van der Waals surface area contributed by atoms with Crippen LogP contribution < -0.4 is 5.32 Å². The second-order valence-corrected chi connectivity index (χ2v) is 6.42. The molecule has 0 spiro atoms. The van der Waals surface area contributed by atoms with E-state index in [1.807, 2.05) is 12.4 Å². The Hall–Kier alpha value is -0.930. The average molecular weight is 261 g/mol. The van der Waals surface area contributed by atoms with E-state index in [2.05, 4.69) is 55.0 Å². The van der Waals surface area contributed by atoms with E-state index in [0.717, 1.165) is 25.6 Å². The number of pyridine rings is 1. The molecule has 1 saturated heterocycles. The summed E-state index contributed by atoms with van der Waals surface area (Å²) < 4.78 is 0. The highest BCUT2D eigenvalue weighted by Gasteiger charge is 2.35. The molecule has 2 heterocycles. The zero-order valence-electron chi connectivity index (χ0n) is 12.7. The molecule has 0 aliphatic carbocycles. The van der Waals surface area contributed by atoms with Crippen molar-refractivity contribution in [1.29, 1.82) is 0 Å². The maximum absolute atomic E-state index is 4.10. The maximum atomic E-state index is 4.10. The lowest BCUT2D eigenvalue weighted by molar-refractivity contribution is 0.0448. The van der Waals surface area contributed by atoms with Gasteiger partial charge in [0.2, 0.25) is 0 Å². The molecule has 1 N–H and O–H groups in total. The summed E-state index contributed by atoms with van der Waals surface area (Å²) in [5, 5.41) is 3.72. The van der Waals surface area contributed by atoms with Crippen LogP contribution in [0.3, 0.4) is 0 Å². The molecule has 0 bridgehead atoms. The van der Waals surface area contributed by atoms with Gasteiger partial charge in [0.15, 0.2) is 0 Å². The van der Waals surface area contributed by atoms with Gasteiger partial charge in [0, 0.05) is 43.6 Å². The number of nitrogens with one attached hydrogen (secondary N) is 1. The average Bonchev–Trinajstić information content (AvgIpc) is 2.41. The van der Waals surface area contributed by atoms with Crippen molar-refractivity contribution in [1.82, 2.24) is 15.2 Å². The van der Waals surface area contributed by atoms with Gasteiger partial charge in [-0.15, -0.1) is 0 Å². The van der Waals surface area contributed by atoms with Crippen LogP contribution in [0.15, 0.2) is 24.5 Å². The highest BCUT2D eigenvalue weighted by molar-refractivity contribution is 5.11. The first kappa shape index (κ1) is 14.5. The molecule has 19 heavy (non-hydrogen) atoms. The van der Waals surface area contributed by atoms with Crippen molar-refractivity contribution in [2.24, 2.45) is 5.92 Å². The molecule has 2 unspecified atom stereocenters. The lowest BCUT2D eigenvalue weighted by Gasteiger charge is -2.47. The van der Waals surface area contributed by atoms with Crippen LogP contribution in [-0.4, -0.2) is 34.6 Å². The molecule has 1 aliphatic heterocycles. The molecule has 2 atom stereocenters. The minimum absolute atomic E-state index is 0.216. The summed E-state index contributed by atoms with van der Waals surface area (Å²) in [6.45, 7) is 12.5. The number of rotatable bonds is 4. The van der Waals surface area contributed by atoms with Crippen molar-refractivity contribution < 1.29 is 0 Å². The van der Waals surface area contributed by atoms with Gasteiger partial charge < -0.3 is 5.32 Å².